The van der Waals surface area contributed by atoms with Gasteiger partial charge < -0.3 is 14.9 Å². The van der Waals surface area contributed by atoms with Gasteiger partial charge in [-0.25, -0.2) is 0 Å². The van der Waals surface area contributed by atoms with Crippen LogP contribution < -0.4 is 0 Å². The number of aliphatic hydroxyl groups excluding tert-OH is 1. The van der Waals surface area contributed by atoms with Crippen molar-refractivity contribution in [2.24, 2.45) is 0 Å². The van der Waals surface area contributed by atoms with Gasteiger partial charge >= 0.3 is 6.18 Å². The fraction of sp³-hybridized carbons (Fsp3) is 0.500. The number of amides is 2. The number of alkyl halides is 3. The van der Waals surface area contributed by atoms with Crippen LogP contribution in [-0.2, 0) is 11.0 Å². The van der Waals surface area contributed by atoms with Gasteiger partial charge in [0.25, 0.3) is 5.91 Å². The highest BCUT2D eigenvalue weighted by Crippen LogP contribution is 2.31. The number of benzene rings is 1. The van der Waals surface area contributed by atoms with Gasteiger partial charge in [-0.15, -0.1) is 0 Å². The van der Waals surface area contributed by atoms with Crippen LogP contribution in [-0.4, -0.2) is 59.0 Å². The normalized spacial score (nSPS) is 19.2. The van der Waals surface area contributed by atoms with E-state index >= 15 is 0 Å². The summed E-state index contributed by atoms with van der Waals surface area (Å²) in [5, 5.41) is 9.96. The van der Waals surface area contributed by atoms with E-state index in [9.17, 15) is 27.9 Å². The van der Waals surface area contributed by atoms with E-state index in [2.05, 4.69) is 0 Å². The minimum atomic E-state index is -4.54. The van der Waals surface area contributed by atoms with Gasteiger partial charge in [-0.3, -0.25) is 9.59 Å². The highest BCUT2D eigenvalue weighted by Gasteiger charge is 2.33. The summed E-state index contributed by atoms with van der Waals surface area (Å²) in [4.78, 5) is 26.8. The summed E-state index contributed by atoms with van der Waals surface area (Å²) in [6.45, 7) is 3.38. The van der Waals surface area contributed by atoms with Crippen molar-refractivity contribution < 1.29 is 27.9 Å². The van der Waals surface area contributed by atoms with E-state index in [1.54, 1.807) is 6.92 Å². The number of hydrogen-bond acceptors (Lipinski definition) is 3. The highest BCUT2D eigenvalue weighted by molar-refractivity contribution is 5.96. The van der Waals surface area contributed by atoms with E-state index in [4.69, 9.17) is 0 Å². The van der Waals surface area contributed by atoms with Crippen LogP contribution in [0.3, 0.4) is 0 Å². The predicted molar refractivity (Wildman–Crippen MR) is 80.3 cm³/mol. The van der Waals surface area contributed by atoms with Crippen molar-refractivity contribution in [3.05, 3.63) is 34.9 Å². The molecule has 5 nitrogen and oxygen atoms in total. The third-order valence-electron chi connectivity index (χ3n) is 4.03. The molecule has 0 bridgehead atoms. The molecule has 0 aromatic heterocycles. The Bertz CT molecular complexity index is 646. The first-order valence-corrected chi connectivity index (χ1v) is 7.50. The number of halogens is 3. The van der Waals surface area contributed by atoms with E-state index in [-0.39, 0.29) is 37.6 Å². The number of aliphatic hydroxyl groups is 1. The Morgan fingerprint density at radius 2 is 1.75 bits per heavy atom. The van der Waals surface area contributed by atoms with Gasteiger partial charge in [-0.2, -0.15) is 13.2 Å². The van der Waals surface area contributed by atoms with E-state index < -0.39 is 23.8 Å². The second-order valence-electron chi connectivity index (χ2n) is 5.90. The van der Waals surface area contributed by atoms with Crippen LogP contribution in [0.4, 0.5) is 13.2 Å². The summed E-state index contributed by atoms with van der Waals surface area (Å²) in [6, 6.07) is 3.02. The maximum Gasteiger partial charge on any atom is 0.416 e. The lowest BCUT2D eigenvalue weighted by Crippen LogP contribution is -2.38. The Morgan fingerprint density at radius 3 is 2.33 bits per heavy atom. The van der Waals surface area contributed by atoms with Crippen molar-refractivity contribution >= 4 is 11.8 Å². The fourth-order valence-electron chi connectivity index (χ4n) is 2.66. The molecular weight excluding hydrogens is 325 g/mol. The van der Waals surface area contributed by atoms with Gasteiger partial charge in [0.05, 0.1) is 11.7 Å². The van der Waals surface area contributed by atoms with Crippen molar-refractivity contribution in [2.45, 2.75) is 26.1 Å². The maximum absolute atomic E-state index is 12.9. The van der Waals surface area contributed by atoms with Gasteiger partial charge in [-0.05, 0) is 24.6 Å². The molecule has 1 aliphatic heterocycles. The molecule has 1 fully saturated rings. The lowest BCUT2D eigenvalue weighted by molar-refractivity contribution is -0.137. The lowest BCUT2D eigenvalue weighted by Gasteiger charge is -2.23. The molecule has 2 amide bonds. The number of aryl methyl sites for hydroxylation is 1. The van der Waals surface area contributed by atoms with Crippen molar-refractivity contribution in [3.8, 4) is 0 Å². The topological polar surface area (TPSA) is 60.9 Å². The molecule has 1 aliphatic rings. The molecule has 8 heteroatoms. The summed E-state index contributed by atoms with van der Waals surface area (Å²) in [5.41, 5.74) is -0.513. The average Bonchev–Trinajstić information content (AvgIpc) is 2.67. The summed E-state index contributed by atoms with van der Waals surface area (Å²) in [5.74, 6) is -0.804. The second-order valence-corrected chi connectivity index (χ2v) is 5.90. The Labute approximate surface area is 137 Å². The summed E-state index contributed by atoms with van der Waals surface area (Å²) in [7, 11) is 0. The SMILES string of the molecule is CC(=O)N1CCN(C(=O)c2cc(C(F)(F)F)ccc2C)C[C@@H](O)C1. The van der Waals surface area contributed by atoms with Crippen molar-refractivity contribution in [2.75, 3.05) is 26.2 Å². The van der Waals surface area contributed by atoms with Crippen LogP contribution in [0, 0.1) is 6.92 Å². The Hall–Kier alpha value is -2.09. The zero-order valence-corrected chi connectivity index (χ0v) is 13.4. The maximum atomic E-state index is 12.9. The zero-order valence-electron chi connectivity index (χ0n) is 13.4. The molecule has 1 atom stereocenters. The number of β-amino-alcohol motifs (C(OH)–C–C–N with tert-alkyl or cyclic N) is 1. The molecule has 0 radical (unpaired) electrons. The number of nitrogens with zero attached hydrogens (tertiary/aromatic N) is 2. The molecule has 132 valence electrons. The standard InChI is InChI=1S/C16H19F3N2O3/c1-10-3-4-12(16(17,18)19)7-14(10)15(24)21-6-5-20(11(2)22)8-13(23)9-21/h3-4,7,13,23H,5-6,8-9H2,1-2H3/t13-/m0/s1. The molecular formula is C16H19F3N2O3. The average molecular weight is 344 g/mol. The van der Waals surface area contributed by atoms with Crippen LogP contribution in [0.2, 0.25) is 0 Å². The van der Waals surface area contributed by atoms with Crippen molar-refractivity contribution in [1.29, 1.82) is 0 Å². The first kappa shape index (κ1) is 18.3. The van der Waals surface area contributed by atoms with E-state index in [1.807, 2.05) is 0 Å². The van der Waals surface area contributed by atoms with Crippen LogP contribution in [0.25, 0.3) is 0 Å². The molecule has 0 saturated carbocycles. The molecule has 0 aliphatic carbocycles. The van der Waals surface area contributed by atoms with Gasteiger partial charge in [0.15, 0.2) is 0 Å². The van der Waals surface area contributed by atoms with Gasteiger partial charge in [-0.1, -0.05) is 6.07 Å². The van der Waals surface area contributed by atoms with E-state index in [1.165, 1.54) is 22.8 Å². The van der Waals surface area contributed by atoms with Crippen LogP contribution in [0.5, 0.6) is 0 Å². The third kappa shape index (κ3) is 4.05. The Morgan fingerprint density at radius 1 is 1.17 bits per heavy atom. The largest absolute Gasteiger partial charge is 0.416 e. The molecule has 24 heavy (non-hydrogen) atoms. The lowest BCUT2D eigenvalue weighted by atomic mass is 10.0. The molecule has 1 aromatic rings. The Balaban J connectivity index is 2.26. The minimum absolute atomic E-state index is 0.0295. The quantitative estimate of drug-likeness (QED) is 0.843. The van der Waals surface area contributed by atoms with E-state index in [0.717, 1.165) is 12.1 Å². The van der Waals surface area contributed by atoms with Crippen LogP contribution >= 0.6 is 0 Å². The van der Waals surface area contributed by atoms with Gasteiger partial charge in [0.1, 0.15) is 0 Å². The van der Waals surface area contributed by atoms with E-state index in [0.29, 0.717) is 5.56 Å². The number of rotatable bonds is 1. The van der Waals surface area contributed by atoms with Crippen LogP contribution in [0.1, 0.15) is 28.4 Å². The first-order valence-electron chi connectivity index (χ1n) is 7.50. The molecule has 1 heterocycles. The number of carbonyl (C=O) groups is 2. The fourth-order valence-corrected chi connectivity index (χ4v) is 2.66. The highest BCUT2D eigenvalue weighted by atomic mass is 19.4. The predicted octanol–water partition coefficient (Wildman–Crippen LogP) is 1.68. The zero-order chi connectivity index (χ0) is 18.1. The number of carbonyl (C=O) groups excluding carboxylic acids is 2. The summed E-state index contributed by atoms with van der Waals surface area (Å²) < 4.78 is 38.6. The van der Waals surface area contributed by atoms with Crippen molar-refractivity contribution in [3.63, 3.8) is 0 Å². The summed E-state index contributed by atoms with van der Waals surface area (Å²) >= 11 is 0. The summed E-state index contributed by atoms with van der Waals surface area (Å²) in [6.07, 6.45) is -5.47. The molecule has 1 aromatic carbocycles. The third-order valence-corrected chi connectivity index (χ3v) is 4.03. The number of hydrogen-bond donors (Lipinski definition) is 1. The molecule has 0 spiro atoms. The minimum Gasteiger partial charge on any atom is -0.389 e. The van der Waals surface area contributed by atoms with Gasteiger partial charge in [0, 0.05) is 38.7 Å². The molecule has 0 unspecified atom stereocenters. The van der Waals surface area contributed by atoms with Crippen molar-refractivity contribution in [1.82, 2.24) is 9.80 Å². The van der Waals surface area contributed by atoms with Crippen LogP contribution in [0.15, 0.2) is 18.2 Å². The monoisotopic (exact) mass is 344 g/mol. The second kappa shape index (κ2) is 6.80. The Kier molecular flexibility index (Phi) is 5.17. The van der Waals surface area contributed by atoms with Gasteiger partial charge in [0.2, 0.25) is 5.91 Å². The molecule has 1 saturated heterocycles. The molecule has 2 rings (SSSR count). The smallest absolute Gasteiger partial charge is 0.389 e. The molecule has 1 N–H and O–H groups in total. The first-order chi connectivity index (χ1) is 11.1.